The van der Waals surface area contributed by atoms with Crippen LogP contribution in [0.2, 0.25) is 0 Å². The number of nitrogens with zero attached hydrogens (tertiary/aromatic N) is 2. The van der Waals surface area contributed by atoms with Gasteiger partial charge in [-0.25, -0.2) is 9.13 Å². The largest absolute Gasteiger partial charge is 0.288 e. The van der Waals surface area contributed by atoms with Crippen LogP contribution in [0.15, 0.2) is 42.7 Å². The topological polar surface area (TPSA) is 8.81 Å². The molecule has 0 aliphatic heterocycles. The summed E-state index contributed by atoms with van der Waals surface area (Å²) in [6.07, 6.45) is 29.7. The number of aromatic nitrogens is 2. The van der Waals surface area contributed by atoms with Gasteiger partial charge in [0.2, 0.25) is 0 Å². The Labute approximate surface area is 205 Å². The highest BCUT2D eigenvalue weighted by atomic mass is 15.1. The molecule has 0 aliphatic rings. The van der Waals surface area contributed by atoms with Crippen LogP contribution in [0.25, 0.3) is 11.4 Å². The fourth-order valence-corrected chi connectivity index (χ4v) is 4.93. The fraction of sp³-hybridized carbons (Fsp3) is 0.710. The van der Waals surface area contributed by atoms with E-state index in [9.17, 15) is 0 Å². The molecular weight excluding hydrogens is 400 g/mol. The Morgan fingerprint density at radius 1 is 0.576 bits per heavy atom. The van der Waals surface area contributed by atoms with Gasteiger partial charge in [-0.1, -0.05) is 122 Å². The number of aryl methyl sites for hydroxylation is 2. The lowest BCUT2D eigenvalue weighted by Crippen LogP contribution is -2.34. The van der Waals surface area contributed by atoms with Crippen molar-refractivity contribution in [2.75, 3.05) is 0 Å². The average molecular weight is 454 g/mol. The van der Waals surface area contributed by atoms with Gasteiger partial charge in [0.15, 0.2) is 0 Å². The van der Waals surface area contributed by atoms with E-state index in [1.165, 1.54) is 127 Å². The lowest BCUT2D eigenvalue weighted by atomic mass is 10.0. The maximum Gasteiger partial charge on any atom is 0.288 e. The van der Waals surface area contributed by atoms with Gasteiger partial charge >= 0.3 is 0 Å². The summed E-state index contributed by atoms with van der Waals surface area (Å²) in [7, 11) is 0. The molecule has 0 unspecified atom stereocenters. The highest BCUT2D eigenvalue weighted by Gasteiger charge is 2.18. The number of unbranched alkanes of at least 4 members (excludes halogenated alkanes) is 16. The first kappa shape index (κ1) is 27.7. The van der Waals surface area contributed by atoms with Gasteiger partial charge in [-0.15, -0.1) is 0 Å². The van der Waals surface area contributed by atoms with Crippen LogP contribution in [-0.2, 0) is 13.1 Å². The van der Waals surface area contributed by atoms with Crippen LogP contribution in [0.5, 0.6) is 0 Å². The van der Waals surface area contributed by atoms with Crippen molar-refractivity contribution in [2.24, 2.45) is 0 Å². The molecule has 0 atom stereocenters. The SMILES string of the molecule is CCCCCCCCCCCCCCCn1cc[n+](CCCCCCC)c1-c1ccccc1. The number of benzene rings is 1. The summed E-state index contributed by atoms with van der Waals surface area (Å²) in [6.45, 7) is 6.87. The second kappa shape index (κ2) is 18.8. The first-order valence-electron chi connectivity index (χ1n) is 14.5. The van der Waals surface area contributed by atoms with Crippen LogP contribution in [0.1, 0.15) is 129 Å². The van der Waals surface area contributed by atoms with Crippen LogP contribution in [0, 0.1) is 0 Å². The molecule has 2 nitrogen and oxygen atoms in total. The molecule has 0 radical (unpaired) electrons. The maximum absolute atomic E-state index is 2.50. The first-order valence-corrected chi connectivity index (χ1v) is 14.5. The third kappa shape index (κ3) is 11.9. The monoisotopic (exact) mass is 453 g/mol. The zero-order chi connectivity index (χ0) is 23.4. The van der Waals surface area contributed by atoms with Crippen LogP contribution in [0.3, 0.4) is 0 Å². The lowest BCUT2D eigenvalue weighted by Gasteiger charge is -2.06. The van der Waals surface area contributed by atoms with Crippen LogP contribution in [-0.4, -0.2) is 4.57 Å². The van der Waals surface area contributed by atoms with Crippen molar-refractivity contribution < 1.29 is 4.57 Å². The molecule has 1 heterocycles. The number of hydrogen-bond acceptors (Lipinski definition) is 0. The highest BCUT2D eigenvalue weighted by Crippen LogP contribution is 2.18. The molecule has 2 heteroatoms. The van der Waals surface area contributed by atoms with Gasteiger partial charge in [0, 0.05) is 0 Å². The van der Waals surface area contributed by atoms with Gasteiger partial charge in [-0.2, -0.15) is 0 Å². The maximum atomic E-state index is 2.50. The molecule has 0 saturated heterocycles. The van der Waals surface area contributed by atoms with Crippen LogP contribution >= 0.6 is 0 Å². The molecule has 0 bridgehead atoms. The van der Waals surface area contributed by atoms with E-state index in [1.807, 2.05) is 0 Å². The molecule has 0 N–H and O–H groups in total. The molecule has 0 amide bonds. The second-order valence-electron chi connectivity index (χ2n) is 10.0. The Bertz CT molecular complexity index is 688. The van der Waals surface area contributed by atoms with Gasteiger partial charge in [0.25, 0.3) is 5.82 Å². The predicted octanol–water partition coefficient (Wildman–Crippen LogP) is 9.50. The molecule has 0 saturated carbocycles. The molecule has 0 aliphatic carbocycles. The van der Waals surface area contributed by atoms with Crippen molar-refractivity contribution >= 4 is 0 Å². The minimum absolute atomic E-state index is 1.14. The van der Waals surface area contributed by atoms with E-state index in [0.717, 1.165) is 13.1 Å². The molecule has 0 spiro atoms. The second-order valence-corrected chi connectivity index (χ2v) is 10.0. The third-order valence-corrected chi connectivity index (χ3v) is 7.01. The summed E-state index contributed by atoms with van der Waals surface area (Å²) in [5.74, 6) is 1.39. The number of rotatable bonds is 21. The summed E-state index contributed by atoms with van der Waals surface area (Å²) in [5.41, 5.74) is 1.35. The summed E-state index contributed by atoms with van der Waals surface area (Å²) in [5, 5.41) is 0. The molecule has 2 rings (SSSR count). The summed E-state index contributed by atoms with van der Waals surface area (Å²) in [6, 6.07) is 11.0. The van der Waals surface area contributed by atoms with E-state index < -0.39 is 0 Å². The van der Waals surface area contributed by atoms with Crippen molar-refractivity contribution in [1.82, 2.24) is 4.57 Å². The smallest absolute Gasteiger partial charge is 0.230 e. The van der Waals surface area contributed by atoms with E-state index >= 15 is 0 Å². The molecule has 186 valence electrons. The van der Waals surface area contributed by atoms with Crippen molar-refractivity contribution in [3.8, 4) is 11.4 Å². The van der Waals surface area contributed by atoms with Crippen molar-refractivity contribution in [3.05, 3.63) is 42.7 Å². The minimum Gasteiger partial charge on any atom is -0.230 e. The molecule has 33 heavy (non-hydrogen) atoms. The Kier molecular flexibility index (Phi) is 15.8. The molecule has 1 aromatic carbocycles. The van der Waals surface area contributed by atoms with Gasteiger partial charge in [0.1, 0.15) is 12.4 Å². The van der Waals surface area contributed by atoms with Gasteiger partial charge < -0.3 is 0 Å². The van der Waals surface area contributed by atoms with E-state index in [4.69, 9.17) is 0 Å². The third-order valence-electron chi connectivity index (χ3n) is 7.01. The average Bonchev–Trinajstić information content (AvgIpc) is 3.25. The van der Waals surface area contributed by atoms with Gasteiger partial charge in [0.05, 0.1) is 18.7 Å². The fourth-order valence-electron chi connectivity index (χ4n) is 4.93. The van der Waals surface area contributed by atoms with E-state index in [1.54, 1.807) is 0 Å². The first-order chi connectivity index (χ1) is 16.4. The van der Waals surface area contributed by atoms with Gasteiger partial charge in [-0.05, 0) is 37.8 Å². The quantitative estimate of drug-likeness (QED) is 0.131. The van der Waals surface area contributed by atoms with E-state index in [0.29, 0.717) is 0 Å². The summed E-state index contributed by atoms with van der Waals surface area (Å²) in [4.78, 5) is 0. The molecule has 0 fully saturated rings. The number of imidazole rings is 1. The van der Waals surface area contributed by atoms with Crippen molar-refractivity contribution in [3.63, 3.8) is 0 Å². The molecule has 2 aromatic rings. The summed E-state index contributed by atoms with van der Waals surface area (Å²) < 4.78 is 4.99. The summed E-state index contributed by atoms with van der Waals surface area (Å²) >= 11 is 0. The predicted molar refractivity (Wildman–Crippen MR) is 145 cm³/mol. The van der Waals surface area contributed by atoms with Crippen LogP contribution in [0.4, 0.5) is 0 Å². The Balaban J connectivity index is 1.66. The Morgan fingerprint density at radius 2 is 1.06 bits per heavy atom. The lowest BCUT2D eigenvalue weighted by molar-refractivity contribution is -0.686. The van der Waals surface area contributed by atoms with Crippen LogP contribution < -0.4 is 4.57 Å². The standard InChI is InChI=1S/C31H53N2/c1-3-5-7-9-10-11-12-13-14-15-16-18-23-27-33-29-28-32(26-22-17-8-6-4-2)31(33)30-24-20-19-21-25-30/h19-21,24-25,28-29H,3-18,22-23,26-27H2,1-2H3/q+1. The normalized spacial score (nSPS) is 11.3. The van der Waals surface area contributed by atoms with E-state index in [-0.39, 0.29) is 0 Å². The molecule has 1 aromatic heterocycles. The highest BCUT2D eigenvalue weighted by molar-refractivity contribution is 5.52. The Morgan fingerprint density at radius 3 is 1.61 bits per heavy atom. The van der Waals surface area contributed by atoms with E-state index in [2.05, 4.69) is 65.7 Å². The number of hydrogen-bond donors (Lipinski definition) is 0. The minimum atomic E-state index is 1.14. The van der Waals surface area contributed by atoms with Gasteiger partial charge in [-0.3, -0.25) is 0 Å². The Hall–Kier alpha value is -1.57. The molecular formula is C31H53N2+. The van der Waals surface area contributed by atoms with Crippen molar-refractivity contribution in [2.45, 2.75) is 143 Å². The van der Waals surface area contributed by atoms with Crippen molar-refractivity contribution in [1.29, 1.82) is 0 Å². The zero-order valence-corrected chi connectivity index (χ0v) is 22.1. The zero-order valence-electron chi connectivity index (χ0n) is 22.1.